The maximum atomic E-state index is 5.24. The maximum Gasteiger partial charge on any atom is 0.290 e. The molecule has 0 aromatic carbocycles. The number of aromatic nitrogens is 4. The third-order valence-electron chi connectivity index (χ3n) is 0.969. The Balaban J connectivity index is 2.28. The third-order valence-corrected chi connectivity index (χ3v) is 0.969. The Morgan fingerprint density at radius 2 is 2.50 bits per heavy atom. The van der Waals surface area contributed by atoms with Crippen LogP contribution in [0.15, 0.2) is 6.33 Å². The van der Waals surface area contributed by atoms with Gasteiger partial charge in [0.1, 0.15) is 5.10 Å². The molecule has 0 aliphatic carbocycles. The lowest BCUT2D eigenvalue weighted by atomic mass is 10.5. The van der Waals surface area contributed by atoms with Crippen molar-refractivity contribution >= 4 is 0 Å². The van der Waals surface area contributed by atoms with Gasteiger partial charge >= 0.3 is 0 Å². The number of tetrazole rings is 1. The summed E-state index contributed by atoms with van der Waals surface area (Å²) in [5.41, 5.74) is 0. The van der Waals surface area contributed by atoms with Crippen LogP contribution in [-0.2, 0) is 11.5 Å². The molecule has 5 heteroatoms. The fourth-order valence-corrected chi connectivity index (χ4v) is 0.489. The van der Waals surface area contributed by atoms with Crippen LogP contribution in [0.3, 0.4) is 0 Å². The van der Waals surface area contributed by atoms with Crippen molar-refractivity contribution in [2.24, 2.45) is 0 Å². The molecule has 10 heavy (non-hydrogen) atoms. The van der Waals surface area contributed by atoms with E-state index in [0.29, 0.717) is 6.73 Å². The smallest absolute Gasteiger partial charge is 0.290 e. The van der Waals surface area contributed by atoms with Gasteiger partial charge in [-0.3, -0.25) is 0 Å². The minimum Gasteiger partial charge on any atom is -0.344 e. The molecule has 0 unspecified atom stereocenters. The lowest BCUT2D eigenvalue weighted by molar-refractivity contribution is -0.787. The summed E-state index contributed by atoms with van der Waals surface area (Å²) in [5, 5.41) is 9.71. The van der Waals surface area contributed by atoms with Crippen molar-refractivity contribution in [2.45, 2.75) is 26.7 Å². The Labute approximate surface area is 59.0 Å². The summed E-state index contributed by atoms with van der Waals surface area (Å²) in [4.78, 5) is 0. The molecule has 0 fully saturated rings. The van der Waals surface area contributed by atoms with E-state index in [9.17, 15) is 0 Å². The number of H-pyrrole nitrogens is 1. The van der Waals surface area contributed by atoms with Crippen LogP contribution in [0.25, 0.3) is 0 Å². The number of rotatable bonds is 3. The highest BCUT2D eigenvalue weighted by molar-refractivity contribution is 4.27. The average Bonchev–Trinajstić information content (AvgIpc) is 2.34. The van der Waals surface area contributed by atoms with Gasteiger partial charge in [-0.05, 0) is 13.8 Å². The quantitative estimate of drug-likeness (QED) is 0.579. The molecule has 0 saturated carbocycles. The second kappa shape index (κ2) is 3.26. The monoisotopic (exact) mass is 143 g/mol. The maximum absolute atomic E-state index is 5.24. The highest BCUT2D eigenvalue weighted by atomic mass is 16.5. The van der Waals surface area contributed by atoms with Gasteiger partial charge in [0.05, 0.1) is 6.10 Å². The van der Waals surface area contributed by atoms with E-state index in [1.54, 1.807) is 11.0 Å². The standard InChI is InChI=1S/C5H10N4O/c1-5(2)10-4-9-3-6-7-8-9/h3,5H,4H2,1-2H3/p+1. The van der Waals surface area contributed by atoms with Crippen molar-refractivity contribution < 1.29 is 9.42 Å². The molecule has 1 aromatic heterocycles. The van der Waals surface area contributed by atoms with Gasteiger partial charge in [0.15, 0.2) is 11.9 Å². The van der Waals surface area contributed by atoms with Crippen LogP contribution in [0, 0.1) is 0 Å². The summed E-state index contributed by atoms with van der Waals surface area (Å²) in [7, 11) is 0. The Hall–Kier alpha value is -0.970. The van der Waals surface area contributed by atoms with Crippen molar-refractivity contribution in [3.05, 3.63) is 6.33 Å². The fourth-order valence-electron chi connectivity index (χ4n) is 0.489. The Morgan fingerprint density at radius 3 is 3.00 bits per heavy atom. The molecule has 0 aliphatic heterocycles. The van der Waals surface area contributed by atoms with Crippen molar-refractivity contribution in [3.63, 3.8) is 0 Å². The summed E-state index contributed by atoms with van der Waals surface area (Å²) < 4.78 is 6.89. The van der Waals surface area contributed by atoms with Crippen molar-refractivity contribution in [3.8, 4) is 0 Å². The summed E-state index contributed by atoms with van der Waals surface area (Å²) >= 11 is 0. The first-order valence-electron chi connectivity index (χ1n) is 3.16. The highest BCUT2D eigenvalue weighted by Gasteiger charge is 1.99. The molecule has 1 rings (SSSR count). The number of hydrogen-bond donors (Lipinski definition) is 1. The molecule has 0 amide bonds. The van der Waals surface area contributed by atoms with E-state index in [4.69, 9.17) is 4.74 Å². The van der Waals surface area contributed by atoms with Crippen molar-refractivity contribution in [1.29, 1.82) is 0 Å². The lowest BCUT2D eigenvalue weighted by Gasteiger charge is -2.02. The molecule has 1 heterocycles. The van der Waals surface area contributed by atoms with Crippen molar-refractivity contribution in [2.75, 3.05) is 0 Å². The molecule has 0 aliphatic rings. The zero-order valence-electron chi connectivity index (χ0n) is 6.11. The molecular formula is C5H11N4O+. The van der Waals surface area contributed by atoms with Crippen LogP contribution < -0.4 is 4.68 Å². The van der Waals surface area contributed by atoms with Gasteiger partial charge in [-0.1, -0.05) is 5.21 Å². The van der Waals surface area contributed by atoms with E-state index in [-0.39, 0.29) is 6.10 Å². The van der Waals surface area contributed by atoms with E-state index in [0.717, 1.165) is 0 Å². The molecule has 1 N–H and O–H groups in total. The van der Waals surface area contributed by atoms with Crippen LogP contribution >= 0.6 is 0 Å². The van der Waals surface area contributed by atoms with Gasteiger partial charge in [0.2, 0.25) is 0 Å². The molecule has 5 nitrogen and oxygen atoms in total. The predicted octanol–water partition coefficient (Wildman–Crippen LogP) is -0.525. The van der Waals surface area contributed by atoms with E-state index in [2.05, 4.69) is 15.5 Å². The van der Waals surface area contributed by atoms with Crippen LogP contribution in [0.4, 0.5) is 0 Å². The third kappa shape index (κ3) is 2.10. The second-order valence-corrected chi connectivity index (χ2v) is 2.25. The number of hydrogen-bond acceptors (Lipinski definition) is 3. The lowest BCUT2D eigenvalue weighted by Crippen LogP contribution is -2.37. The van der Waals surface area contributed by atoms with E-state index < -0.39 is 0 Å². The summed E-state index contributed by atoms with van der Waals surface area (Å²) in [6, 6.07) is 0. The number of nitrogens with zero attached hydrogens (tertiary/aromatic N) is 3. The SMILES string of the molecule is CC(C)OC[n+]1cnn[nH]1. The number of aromatic amines is 1. The number of ether oxygens (including phenoxy) is 1. The first-order valence-corrected chi connectivity index (χ1v) is 3.16. The van der Waals surface area contributed by atoms with E-state index in [1.165, 1.54) is 0 Å². The molecule has 0 spiro atoms. The Morgan fingerprint density at radius 1 is 1.70 bits per heavy atom. The fraction of sp³-hybridized carbons (Fsp3) is 0.800. The molecule has 0 bridgehead atoms. The highest BCUT2D eigenvalue weighted by Crippen LogP contribution is 1.84. The zero-order valence-corrected chi connectivity index (χ0v) is 6.11. The summed E-state index contributed by atoms with van der Waals surface area (Å²) in [6.07, 6.45) is 1.80. The normalized spacial score (nSPS) is 10.7. The Kier molecular flexibility index (Phi) is 2.33. The first-order chi connectivity index (χ1) is 4.79. The molecule has 1 aromatic rings. The minimum absolute atomic E-state index is 0.232. The largest absolute Gasteiger partial charge is 0.344 e. The van der Waals surface area contributed by atoms with Crippen LogP contribution in [-0.4, -0.2) is 21.6 Å². The summed E-state index contributed by atoms with van der Waals surface area (Å²) in [5.74, 6) is 0. The Bertz CT molecular complexity index is 172. The molecule has 0 radical (unpaired) electrons. The average molecular weight is 143 g/mol. The van der Waals surface area contributed by atoms with Gasteiger partial charge < -0.3 is 4.74 Å². The topological polar surface area (TPSA) is 54.7 Å². The first kappa shape index (κ1) is 7.14. The van der Waals surface area contributed by atoms with E-state index in [1.807, 2.05) is 13.8 Å². The minimum atomic E-state index is 0.232. The van der Waals surface area contributed by atoms with Gasteiger partial charge in [-0.15, -0.1) is 4.68 Å². The summed E-state index contributed by atoms with van der Waals surface area (Å²) in [6.45, 7) is 4.43. The van der Waals surface area contributed by atoms with Crippen LogP contribution in [0.1, 0.15) is 13.8 Å². The molecular weight excluding hydrogens is 132 g/mol. The second-order valence-electron chi connectivity index (χ2n) is 2.25. The van der Waals surface area contributed by atoms with Gasteiger partial charge in [-0.25, -0.2) is 0 Å². The van der Waals surface area contributed by atoms with E-state index >= 15 is 0 Å². The molecule has 0 atom stereocenters. The number of nitrogens with one attached hydrogen (secondary N) is 1. The molecule has 0 saturated heterocycles. The van der Waals surface area contributed by atoms with Gasteiger partial charge in [0, 0.05) is 0 Å². The van der Waals surface area contributed by atoms with Gasteiger partial charge in [-0.2, -0.15) is 0 Å². The predicted molar refractivity (Wildman–Crippen MR) is 32.8 cm³/mol. The van der Waals surface area contributed by atoms with Gasteiger partial charge in [0.25, 0.3) is 6.33 Å². The van der Waals surface area contributed by atoms with Crippen LogP contribution in [0.2, 0.25) is 0 Å². The van der Waals surface area contributed by atoms with Crippen LogP contribution in [0.5, 0.6) is 0 Å². The van der Waals surface area contributed by atoms with Crippen molar-refractivity contribution in [1.82, 2.24) is 15.5 Å². The zero-order chi connectivity index (χ0) is 7.40. The molecule has 56 valence electrons.